The number of fused-ring (bicyclic) bond motifs is 1. The number of likely N-dealkylation sites (tertiary alicyclic amines) is 1. The molecular formula is C18H25N5O. The number of carbonyl (C=O) groups excluding carboxylic acids is 1. The van der Waals surface area contributed by atoms with Crippen molar-refractivity contribution < 1.29 is 4.79 Å². The Morgan fingerprint density at radius 1 is 1.42 bits per heavy atom. The number of hydrogen-bond donors (Lipinski definition) is 1. The van der Waals surface area contributed by atoms with E-state index in [-0.39, 0.29) is 11.9 Å². The average Bonchev–Trinajstić information content (AvgIpc) is 2.60. The second-order valence-corrected chi connectivity index (χ2v) is 6.56. The van der Waals surface area contributed by atoms with Crippen molar-refractivity contribution in [2.24, 2.45) is 0 Å². The summed E-state index contributed by atoms with van der Waals surface area (Å²) in [6, 6.07) is 6.23. The quantitative estimate of drug-likeness (QED) is 0.935. The zero-order chi connectivity index (χ0) is 17.3. The molecule has 0 aliphatic carbocycles. The number of amides is 1. The molecule has 1 aromatic carbocycles. The molecule has 2 atom stereocenters. The van der Waals surface area contributed by atoms with Gasteiger partial charge in [0.25, 0.3) is 5.91 Å². The van der Waals surface area contributed by atoms with Crippen LogP contribution in [-0.4, -0.2) is 57.9 Å². The van der Waals surface area contributed by atoms with Gasteiger partial charge in [0.1, 0.15) is 12.1 Å². The Morgan fingerprint density at radius 3 is 2.92 bits per heavy atom. The van der Waals surface area contributed by atoms with Crippen LogP contribution in [0.3, 0.4) is 0 Å². The van der Waals surface area contributed by atoms with E-state index in [0.29, 0.717) is 22.9 Å². The average molecular weight is 327 g/mol. The predicted molar refractivity (Wildman–Crippen MR) is 95.8 cm³/mol. The van der Waals surface area contributed by atoms with Crippen LogP contribution in [0, 0.1) is 0 Å². The minimum atomic E-state index is 0.0382. The summed E-state index contributed by atoms with van der Waals surface area (Å²) in [6.45, 7) is 6.54. The lowest BCUT2D eigenvalue weighted by molar-refractivity contribution is 0.0566. The molecule has 0 radical (unpaired) electrons. The van der Waals surface area contributed by atoms with Gasteiger partial charge < -0.3 is 15.5 Å². The van der Waals surface area contributed by atoms with Crippen LogP contribution in [0.2, 0.25) is 0 Å². The predicted octanol–water partition coefficient (Wildman–Crippen LogP) is 2.16. The van der Waals surface area contributed by atoms with Crippen LogP contribution < -0.4 is 5.73 Å². The lowest BCUT2D eigenvalue weighted by Gasteiger charge is -2.40. The molecule has 2 unspecified atom stereocenters. The molecule has 1 aromatic heterocycles. The summed E-state index contributed by atoms with van der Waals surface area (Å²) in [5, 5.41) is 0.779. The summed E-state index contributed by atoms with van der Waals surface area (Å²) < 4.78 is 0. The second-order valence-electron chi connectivity index (χ2n) is 6.56. The molecule has 128 valence electrons. The highest BCUT2D eigenvalue weighted by atomic mass is 16.2. The molecule has 2 heterocycles. The Labute approximate surface area is 142 Å². The van der Waals surface area contributed by atoms with Crippen LogP contribution in [-0.2, 0) is 0 Å². The molecule has 2 aromatic rings. The van der Waals surface area contributed by atoms with E-state index in [4.69, 9.17) is 5.73 Å². The summed E-state index contributed by atoms with van der Waals surface area (Å²) in [4.78, 5) is 25.4. The molecule has 1 aliphatic heterocycles. The Bertz CT molecular complexity index is 747. The van der Waals surface area contributed by atoms with Crippen molar-refractivity contribution >= 4 is 22.6 Å². The summed E-state index contributed by atoms with van der Waals surface area (Å²) in [5.74, 6) is 0.476. The highest BCUT2D eigenvalue weighted by Gasteiger charge is 2.29. The van der Waals surface area contributed by atoms with Gasteiger partial charge in [-0.3, -0.25) is 4.79 Å². The molecule has 2 N–H and O–H groups in total. The lowest BCUT2D eigenvalue weighted by Crippen LogP contribution is -2.49. The number of aromatic nitrogens is 2. The number of hydrogen-bond acceptors (Lipinski definition) is 5. The summed E-state index contributed by atoms with van der Waals surface area (Å²) in [6.07, 6.45) is 3.46. The number of piperidine rings is 1. The van der Waals surface area contributed by atoms with Gasteiger partial charge in [0.2, 0.25) is 0 Å². The van der Waals surface area contributed by atoms with Crippen molar-refractivity contribution in [2.75, 3.05) is 25.9 Å². The number of nitrogen functional groups attached to an aromatic ring is 1. The number of carbonyl (C=O) groups is 1. The maximum Gasteiger partial charge on any atom is 0.253 e. The van der Waals surface area contributed by atoms with Crippen LogP contribution in [0.5, 0.6) is 0 Å². The number of nitrogens with two attached hydrogens (primary N) is 1. The van der Waals surface area contributed by atoms with Gasteiger partial charge in [-0.25, -0.2) is 9.97 Å². The smallest absolute Gasteiger partial charge is 0.253 e. The van der Waals surface area contributed by atoms with Gasteiger partial charge in [-0.05, 0) is 44.5 Å². The molecule has 1 aliphatic rings. The molecule has 6 heteroatoms. The molecule has 0 saturated carbocycles. The Hall–Kier alpha value is -2.21. The van der Waals surface area contributed by atoms with Gasteiger partial charge in [-0.1, -0.05) is 6.92 Å². The maximum absolute atomic E-state index is 12.9. The zero-order valence-corrected chi connectivity index (χ0v) is 14.6. The van der Waals surface area contributed by atoms with Gasteiger partial charge in [-0.15, -0.1) is 0 Å². The van der Waals surface area contributed by atoms with E-state index in [1.165, 1.54) is 6.33 Å². The molecule has 1 saturated heterocycles. The first-order chi connectivity index (χ1) is 11.5. The SMILES string of the molecule is CCN1CCC(N(C)C(=O)c2ccc3c(N)ncnc3c2)CC1C. The van der Waals surface area contributed by atoms with Crippen LogP contribution in [0.4, 0.5) is 5.82 Å². The van der Waals surface area contributed by atoms with Crippen molar-refractivity contribution in [2.45, 2.75) is 38.8 Å². The van der Waals surface area contributed by atoms with Gasteiger partial charge in [-0.2, -0.15) is 0 Å². The summed E-state index contributed by atoms with van der Waals surface area (Å²) in [5.41, 5.74) is 7.20. The van der Waals surface area contributed by atoms with Crippen molar-refractivity contribution in [1.82, 2.24) is 19.8 Å². The Balaban J connectivity index is 1.79. The van der Waals surface area contributed by atoms with E-state index in [0.717, 1.165) is 31.3 Å². The van der Waals surface area contributed by atoms with Crippen LogP contribution in [0.15, 0.2) is 24.5 Å². The maximum atomic E-state index is 12.9. The fourth-order valence-electron chi connectivity index (χ4n) is 3.60. The van der Waals surface area contributed by atoms with Gasteiger partial charge >= 0.3 is 0 Å². The van der Waals surface area contributed by atoms with Gasteiger partial charge in [0.05, 0.1) is 5.52 Å². The highest BCUT2D eigenvalue weighted by molar-refractivity contribution is 5.99. The van der Waals surface area contributed by atoms with E-state index in [1.54, 1.807) is 6.07 Å². The van der Waals surface area contributed by atoms with E-state index in [1.807, 2.05) is 24.1 Å². The Morgan fingerprint density at radius 2 is 2.21 bits per heavy atom. The van der Waals surface area contributed by atoms with Crippen LogP contribution in [0.25, 0.3) is 10.9 Å². The molecule has 6 nitrogen and oxygen atoms in total. The lowest BCUT2D eigenvalue weighted by atomic mass is 9.96. The van der Waals surface area contributed by atoms with E-state index >= 15 is 0 Å². The molecule has 24 heavy (non-hydrogen) atoms. The fraction of sp³-hybridized carbons (Fsp3) is 0.500. The van der Waals surface area contributed by atoms with Gasteiger partial charge in [0, 0.05) is 36.6 Å². The summed E-state index contributed by atoms with van der Waals surface area (Å²) in [7, 11) is 1.90. The van der Waals surface area contributed by atoms with Crippen molar-refractivity contribution in [1.29, 1.82) is 0 Å². The van der Waals surface area contributed by atoms with Crippen LogP contribution in [0.1, 0.15) is 37.0 Å². The molecule has 1 fully saturated rings. The molecule has 0 spiro atoms. The first-order valence-electron chi connectivity index (χ1n) is 8.52. The third kappa shape index (κ3) is 3.06. The van der Waals surface area contributed by atoms with Crippen molar-refractivity contribution in [3.05, 3.63) is 30.1 Å². The largest absolute Gasteiger partial charge is 0.383 e. The topological polar surface area (TPSA) is 75.3 Å². The third-order valence-electron chi connectivity index (χ3n) is 5.17. The first kappa shape index (κ1) is 16.6. The Kier molecular flexibility index (Phi) is 4.66. The number of benzene rings is 1. The first-order valence-corrected chi connectivity index (χ1v) is 8.52. The molecular weight excluding hydrogens is 302 g/mol. The fourth-order valence-corrected chi connectivity index (χ4v) is 3.60. The normalized spacial score (nSPS) is 21.8. The van der Waals surface area contributed by atoms with E-state index < -0.39 is 0 Å². The summed E-state index contributed by atoms with van der Waals surface area (Å²) >= 11 is 0. The minimum Gasteiger partial charge on any atom is -0.383 e. The number of nitrogens with zero attached hydrogens (tertiary/aromatic N) is 4. The minimum absolute atomic E-state index is 0.0382. The highest BCUT2D eigenvalue weighted by Crippen LogP contribution is 2.23. The van der Waals surface area contributed by atoms with Crippen molar-refractivity contribution in [3.63, 3.8) is 0 Å². The standard InChI is InChI=1S/C18H25N5O/c1-4-23-8-7-14(9-12(23)2)22(3)18(24)13-5-6-15-16(10-13)20-11-21-17(15)19/h5-6,10-12,14H,4,7-9H2,1-3H3,(H2,19,20,21). The molecule has 3 rings (SSSR count). The van der Waals surface area contributed by atoms with Gasteiger partial charge in [0.15, 0.2) is 0 Å². The third-order valence-corrected chi connectivity index (χ3v) is 5.17. The van der Waals surface area contributed by atoms with E-state index in [2.05, 4.69) is 28.7 Å². The van der Waals surface area contributed by atoms with Crippen molar-refractivity contribution in [3.8, 4) is 0 Å². The monoisotopic (exact) mass is 327 g/mol. The van der Waals surface area contributed by atoms with E-state index in [9.17, 15) is 4.79 Å². The molecule has 1 amide bonds. The second kappa shape index (κ2) is 6.73. The number of rotatable bonds is 3. The zero-order valence-electron chi connectivity index (χ0n) is 14.6. The number of anilines is 1. The van der Waals surface area contributed by atoms with Crippen LogP contribution >= 0.6 is 0 Å². The molecule has 0 bridgehead atoms.